The van der Waals surface area contributed by atoms with Crippen molar-refractivity contribution in [3.05, 3.63) is 0 Å². The molecule has 1 heterocycles. The van der Waals surface area contributed by atoms with Crippen molar-refractivity contribution in [1.29, 1.82) is 0 Å². The van der Waals surface area contributed by atoms with Crippen molar-refractivity contribution in [3.63, 3.8) is 0 Å². The van der Waals surface area contributed by atoms with E-state index in [1.807, 2.05) is 7.11 Å². The molecule has 0 aromatic rings. The molecule has 2 fully saturated rings. The van der Waals surface area contributed by atoms with Crippen molar-refractivity contribution in [2.24, 2.45) is 17.8 Å². The van der Waals surface area contributed by atoms with E-state index in [0.29, 0.717) is 18.7 Å². The van der Waals surface area contributed by atoms with E-state index < -0.39 is 0 Å². The lowest BCUT2D eigenvalue weighted by Crippen LogP contribution is -2.44. The number of hydrogen-bond acceptors (Lipinski definition) is 3. The first-order chi connectivity index (χ1) is 8.19. The van der Waals surface area contributed by atoms with Gasteiger partial charge in [0.15, 0.2) is 0 Å². The van der Waals surface area contributed by atoms with E-state index >= 15 is 0 Å². The normalized spacial score (nSPS) is 37.1. The van der Waals surface area contributed by atoms with Gasteiger partial charge in [0.2, 0.25) is 0 Å². The third-order valence-corrected chi connectivity index (χ3v) is 4.97. The first-order valence-electron chi connectivity index (χ1n) is 6.78. The fourth-order valence-electron chi connectivity index (χ4n) is 3.99. The summed E-state index contributed by atoms with van der Waals surface area (Å²) in [6.45, 7) is 2.83. The van der Waals surface area contributed by atoms with Gasteiger partial charge in [-0.05, 0) is 49.1 Å². The van der Waals surface area contributed by atoms with Crippen LogP contribution in [-0.2, 0) is 14.0 Å². The lowest BCUT2D eigenvalue weighted by atomic mass is 9.41. The van der Waals surface area contributed by atoms with Crippen LogP contribution in [0.3, 0.4) is 0 Å². The molecule has 17 heavy (non-hydrogen) atoms. The zero-order chi connectivity index (χ0) is 12.4. The molecule has 96 valence electrons. The van der Waals surface area contributed by atoms with Crippen molar-refractivity contribution < 1.29 is 14.0 Å². The molecule has 1 aliphatic carbocycles. The third-order valence-electron chi connectivity index (χ3n) is 4.97. The molecular formula is C12H24B2O3. The van der Waals surface area contributed by atoms with Crippen LogP contribution in [0.4, 0.5) is 0 Å². The fraction of sp³-hybridized carbons (Fsp3) is 1.00. The Hall–Kier alpha value is 0.00987. The van der Waals surface area contributed by atoms with Crippen LogP contribution in [0.15, 0.2) is 0 Å². The van der Waals surface area contributed by atoms with Gasteiger partial charge in [0.1, 0.15) is 0 Å². The van der Waals surface area contributed by atoms with Crippen LogP contribution >= 0.6 is 0 Å². The summed E-state index contributed by atoms with van der Waals surface area (Å²) < 4.78 is 16.5. The maximum atomic E-state index is 5.56. The molecule has 1 aliphatic heterocycles. The van der Waals surface area contributed by atoms with Crippen LogP contribution in [0.5, 0.6) is 0 Å². The Kier molecular flexibility index (Phi) is 4.56. The van der Waals surface area contributed by atoms with Crippen molar-refractivity contribution in [2.75, 3.05) is 21.3 Å². The summed E-state index contributed by atoms with van der Waals surface area (Å²) >= 11 is 0. The zero-order valence-electron chi connectivity index (χ0n) is 11.5. The van der Waals surface area contributed by atoms with Gasteiger partial charge in [-0.15, -0.1) is 0 Å². The molecule has 0 spiro atoms. The molecule has 0 N–H and O–H groups in total. The van der Waals surface area contributed by atoms with E-state index in [1.165, 1.54) is 25.5 Å². The van der Waals surface area contributed by atoms with Crippen LogP contribution in [0.25, 0.3) is 0 Å². The topological polar surface area (TPSA) is 27.7 Å². The van der Waals surface area contributed by atoms with Crippen molar-refractivity contribution >= 4 is 14.0 Å². The van der Waals surface area contributed by atoms with Gasteiger partial charge in [-0.3, -0.25) is 0 Å². The van der Waals surface area contributed by atoms with Crippen LogP contribution in [-0.4, -0.2) is 35.4 Å². The summed E-state index contributed by atoms with van der Waals surface area (Å²) in [5.41, 5.74) is 0. The molecule has 0 aromatic heterocycles. The number of rotatable bonds is 4. The highest BCUT2D eigenvalue weighted by atomic mass is 16.6. The smallest absolute Gasteiger partial charge is 0.438 e. The van der Waals surface area contributed by atoms with Gasteiger partial charge in [-0.1, -0.05) is 6.92 Å². The first-order valence-corrected chi connectivity index (χ1v) is 6.78. The quantitative estimate of drug-likeness (QED) is 0.704. The Balaban J connectivity index is 2.04. The molecule has 2 aliphatic rings. The van der Waals surface area contributed by atoms with Gasteiger partial charge < -0.3 is 14.0 Å². The van der Waals surface area contributed by atoms with E-state index in [1.54, 1.807) is 14.2 Å². The highest BCUT2D eigenvalue weighted by Crippen LogP contribution is 2.50. The maximum Gasteiger partial charge on any atom is 0.460 e. The summed E-state index contributed by atoms with van der Waals surface area (Å²) in [5, 5.41) is 0. The van der Waals surface area contributed by atoms with Crippen LogP contribution < -0.4 is 0 Å². The molecule has 2 rings (SSSR count). The molecule has 4 atom stereocenters. The van der Waals surface area contributed by atoms with Crippen LogP contribution in [0.2, 0.25) is 18.5 Å². The third kappa shape index (κ3) is 2.72. The Bertz CT molecular complexity index is 246. The maximum absolute atomic E-state index is 5.56. The van der Waals surface area contributed by atoms with Crippen LogP contribution in [0, 0.1) is 17.8 Å². The van der Waals surface area contributed by atoms with Gasteiger partial charge >= 0.3 is 7.12 Å². The molecule has 3 nitrogen and oxygen atoms in total. The second kappa shape index (κ2) is 5.77. The second-order valence-electron chi connectivity index (χ2n) is 5.79. The van der Waals surface area contributed by atoms with E-state index in [4.69, 9.17) is 14.0 Å². The highest BCUT2D eigenvalue weighted by Gasteiger charge is 2.46. The predicted octanol–water partition coefficient (Wildman–Crippen LogP) is 2.45. The van der Waals surface area contributed by atoms with E-state index in [-0.39, 0.29) is 7.12 Å². The molecule has 0 aromatic carbocycles. The largest absolute Gasteiger partial charge is 0.460 e. The Morgan fingerprint density at radius 2 is 1.76 bits per heavy atom. The molecular weight excluding hydrogens is 214 g/mol. The number of fused-ring (bicyclic) bond motifs is 2. The van der Waals surface area contributed by atoms with Gasteiger partial charge in [-0.25, -0.2) is 0 Å². The van der Waals surface area contributed by atoms with Gasteiger partial charge in [-0.2, -0.15) is 0 Å². The Morgan fingerprint density at radius 3 is 2.35 bits per heavy atom. The molecule has 2 bridgehead atoms. The molecule has 0 radical (unpaired) electrons. The Morgan fingerprint density at radius 1 is 1.06 bits per heavy atom. The van der Waals surface area contributed by atoms with Crippen molar-refractivity contribution in [3.8, 4) is 0 Å². The SMILES string of the molecule is COB1C[C@@H]2C[C@H](C1)[C@H](C)[C@@H](B(OC)OC)C2. The minimum absolute atomic E-state index is 0.0330. The molecule has 1 saturated heterocycles. The summed E-state index contributed by atoms with van der Waals surface area (Å²) in [7, 11) is 5.32. The summed E-state index contributed by atoms with van der Waals surface area (Å²) in [6, 6.07) is 0. The zero-order valence-corrected chi connectivity index (χ0v) is 11.5. The summed E-state index contributed by atoms with van der Waals surface area (Å²) in [5.74, 6) is 2.80. The van der Waals surface area contributed by atoms with Crippen molar-refractivity contribution in [1.82, 2.24) is 0 Å². The van der Waals surface area contributed by atoms with E-state index in [2.05, 4.69) is 6.92 Å². The second-order valence-corrected chi connectivity index (χ2v) is 5.79. The van der Waals surface area contributed by atoms with Crippen LogP contribution in [0.1, 0.15) is 19.8 Å². The Labute approximate surface area is 106 Å². The molecule has 0 unspecified atom stereocenters. The summed E-state index contributed by atoms with van der Waals surface area (Å²) in [6.07, 6.45) is 5.03. The lowest BCUT2D eigenvalue weighted by Gasteiger charge is -2.46. The highest BCUT2D eigenvalue weighted by molar-refractivity contribution is 6.52. The standard InChI is InChI=1S/C12H24B2O3/c1-9-11-5-10(7-13(8-11)15-2)6-12(9)14(16-3)17-4/h9-12H,5-8H2,1-4H3/t9-,10+,11+,12-/m0/s1. The number of hydrogen-bond donors (Lipinski definition) is 0. The van der Waals surface area contributed by atoms with Gasteiger partial charge in [0.05, 0.1) is 0 Å². The lowest BCUT2D eigenvalue weighted by molar-refractivity contribution is 0.155. The minimum atomic E-state index is -0.0330. The minimum Gasteiger partial charge on any atom is -0.438 e. The fourth-order valence-corrected chi connectivity index (χ4v) is 3.99. The molecule has 0 amide bonds. The monoisotopic (exact) mass is 238 g/mol. The van der Waals surface area contributed by atoms with E-state index in [0.717, 1.165) is 11.8 Å². The summed E-state index contributed by atoms with van der Waals surface area (Å²) in [4.78, 5) is 0. The van der Waals surface area contributed by atoms with Crippen molar-refractivity contribution in [2.45, 2.75) is 38.2 Å². The average molecular weight is 238 g/mol. The van der Waals surface area contributed by atoms with Gasteiger partial charge in [0.25, 0.3) is 6.92 Å². The molecule has 1 saturated carbocycles. The van der Waals surface area contributed by atoms with Gasteiger partial charge in [0, 0.05) is 21.3 Å². The average Bonchev–Trinajstić information content (AvgIpc) is 2.36. The van der Waals surface area contributed by atoms with E-state index in [9.17, 15) is 0 Å². The molecule has 5 heteroatoms. The first kappa shape index (κ1) is 13.4. The predicted molar refractivity (Wildman–Crippen MR) is 71.3 cm³/mol.